The molecular weight excluding hydrogens is 872 g/mol. The van der Waals surface area contributed by atoms with Gasteiger partial charge in [-0.1, -0.05) is 45.9 Å². The molecule has 20 nitrogen and oxygen atoms in total. The van der Waals surface area contributed by atoms with E-state index in [9.17, 15) is 27.8 Å². The second-order valence-electron chi connectivity index (χ2n) is 16.9. The fourth-order valence-corrected chi connectivity index (χ4v) is 10.5. The molecule has 0 spiro atoms. The number of anilines is 1. The van der Waals surface area contributed by atoms with Crippen molar-refractivity contribution in [2.75, 3.05) is 17.7 Å². The van der Waals surface area contributed by atoms with Crippen LogP contribution in [0.2, 0.25) is 18.1 Å². The van der Waals surface area contributed by atoms with Crippen LogP contribution in [0.5, 0.6) is 0 Å². The van der Waals surface area contributed by atoms with Crippen molar-refractivity contribution in [2.24, 2.45) is 5.92 Å². The number of aliphatic hydroxyl groups excluding tert-OH is 1. The SMILES string of the molecule is C#CC.Cc1nc(C)c2ncn([C@@H]3O[C@H](CO)C(C)[C@@H]3NS(=O)(=O)CC[C@H]3O[C@@H](n4cnc5c(NC(=O)c6ccccc6)ncnc54)[C@@H](O[Si](C)(C)C(C)(C)C)C3O[P+](=O)O)c2n1. The van der Waals surface area contributed by atoms with Crippen molar-refractivity contribution in [3.8, 4) is 12.3 Å². The number of nitrogens with zero attached hydrogens (tertiary/aromatic N) is 8. The number of benzene rings is 1. The number of aromatic nitrogens is 8. The smallest absolute Gasteiger partial charge is 0.406 e. The van der Waals surface area contributed by atoms with Crippen LogP contribution in [0.15, 0.2) is 49.3 Å². The van der Waals surface area contributed by atoms with Gasteiger partial charge in [0.05, 0.1) is 49.0 Å². The van der Waals surface area contributed by atoms with Crippen LogP contribution in [0.1, 0.15) is 75.4 Å². The maximum atomic E-state index is 14.1. The van der Waals surface area contributed by atoms with E-state index >= 15 is 0 Å². The summed E-state index contributed by atoms with van der Waals surface area (Å²) in [6.45, 7) is 16.7. The largest absolute Gasteiger partial charge is 0.695 e. The summed E-state index contributed by atoms with van der Waals surface area (Å²) in [5, 5.41) is 12.6. The van der Waals surface area contributed by atoms with E-state index in [4.69, 9.17) is 18.4 Å². The second kappa shape index (κ2) is 19.2. The van der Waals surface area contributed by atoms with Crippen LogP contribution in [-0.2, 0) is 33.0 Å². The molecule has 4 aromatic heterocycles. The van der Waals surface area contributed by atoms with Crippen molar-refractivity contribution in [1.82, 2.24) is 43.8 Å². The second-order valence-corrected chi connectivity index (χ2v) is 24.2. The molecule has 2 fully saturated rings. The van der Waals surface area contributed by atoms with E-state index in [-0.39, 0.29) is 35.0 Å². The minimum atomic E-state index is -4.15. The van der Waals surface area contributed by atoms with E-state index in [1.807, 2.05) is 33.9 Å². The Morgan fingerprint density at radius 1 is 0.984 bits per heavy atom. The van der Waals surface area contributed by atoms with Gasteiger partial charge in [-0.05, 0) is 57.5 Å². The van der Waals surface area contributed by atoms with E-state index in [1.165, 1.54) is 19.0 Å². The lowest BCUT2D eigenvalue weighted by molar-refractivity contribution is -0.0323. The fraction of sp³-hybridized carbons (Fsp3) is 0.525. The molecule has 9 atom stereocenters. The number of amides is 1. The third kappa shape index (κ3) is 10.3. The molecule has 3 unspecified atom stereocenters. The molecule has 338 valence electrons. The van der Waals surface area contributed by atoms with E-state index in [0.29, 0.717) is 28.2 Å². The van der Waals surface area contributed by atoms with Gasteiger partial charge in [-0.3, -0.25) is 13.9 Å². The molecule has 0 saturated carbocycles. The van der Waals surface area contributed by atoms with Crippen molar-refractivity contribution in [3.05, 3.63) is 66.4 Å². The summed E-state index contributed by atoms with van der Waals surface area (Å²) in [7, 11) is -10.0. The number of hydrogen-bond donors (Lipinski definition) is 4. The summed E-state index contributed by atoms with van der Waals surface area (Å²) in [4.78, 5) is 49.9. The topological polar surface area (TPSA) is 257 Å². The first-order valence-electron chi connectivity index (χ1n) is 20.2. The molecule has 2 aliphatic rings. The lowest BCUT2D eigenvalue weighted by Crippen LogP contribution is -2.49. The predicted molar refractivity (Wildman–Crippen MR) is 235 cm³/mol. The predicted octanol–water partition coefficient (Wildman–Crippen LogP) is 4.70. The zero-order valence-electron chi connectivity index (χ0n) is 36.5. The van der Waals surface area contributed by atoms with Crippen LogP contribution in [0.3, 0.4) is 0 Å². The molecule has 0 radical (unpaired) electrons. The fourth-order valence-electron chi connectivity index (χ4n) is 7.35. The van der Waals surface area contributed by atoms with E-state index in [2.05, 4.69) is 52.3 Å². The lowest BCUT2D eigenvalue weighted by Gasteiger charge is -2.40. The van der Waals surface area contributed by atoms with E-state index in [1.54, 1.807) is 67.2 Å². The molecule has 0 aliphatic carbocycles. The Bertz CT molecular complexity index is 2600. The molecule has 7 rings (SSSR count). The number of sulfonamides is 1. The third-order valence-electron chi connectivity index (χ3n) is 11.6. The van der Waals surface area contributed by atoms with Crippen LogP contribution < -0.4 is 10.0 Å². The van der Waals surface area contributed by atoms with Gasteiger partial charge in [0.2, 0.25) is 10.0 Å². The summed E-state index contributed by atoms with van der Waals surface area (Å²) in [5.74, 6) is 1.51. The van der Waals surface area contributed by atoms with Gasteiger partial charge in [-0.25, -0.2) is 43.0 Å². The lowest BCUT2D eigenvalue weighted by atomic mass is 9.99. The molecule has 4 N–H and O–H groups in total. The number of terminal acetylenes is 1. The first-order chi connectivity index (χ1) is 29.7. The molecule has 1 amide bonds. The number of imidazole rings is 2. The quantitative estimate of drug-likeness (QED) is 0.0669. The molecule has 0 bridgehead atoms. The van der Waals surface area contributed by atoms with Gasteiger partial charge in [0.15, 0.2) is 49.5 Å². The van der Waals surface area contributed by atoms with E-state index in [0.717, 1.165) is 0 Å². The van der Waals surface area contributed by atoms with Crippen LogP contribution in [0.25, 0.3) is 22.3 Å². The van der Waals surface area contributed by atoms with Crippen molar-refractivity contribution in [1.29, 1.82) is 0 Å². The first-order valence-corrected chi connectivity index (χ1v) is 25.9. The molecule has 5 aromatic rings. The van der Waals surface area contributed by atoms with Gasteiger partial charge in [0.25, 0.3) is 5.91 Å². The summed E-state index contributed by atoms with van der Waals surface area (Å²) >= 11 is 0. The number of rotatable bonds is 14. The number of carbonyl (C=O) groups is 1. The monoisotopic (exact) mass is 925 g/mol. The van der Waals surface area contributed by atoms with Gasteiger partial charge in [-0.15, -0.1) is 21.8 Å². The zero-order valence-corrected chi connectivity index (χ0v) is 39.2. The Morgan fingerprint density at radius 3 is 2.25 bits per heavy atom. The minimum Gasteiger partial charge on any atom is -0.406 e. The van der Waals surface area contributed by atoms with Gasteiger partial charge >= 0.3 is 8.25 Å². The van der Waals surface area contributed by atoms with Gasteiger partial charge in [0.1, 0.15) is 23.8 Å². The Balaban J connectivity index is 0.00000214. The van der Waals surface area contributed by atoms with Crippen LogP contribution in [-0.4, -0.2) is 114 Å². The average Bonchev–Trinajstić information content (AvgIpc) is 3.98. The Hall–Kier alpha value is -4.66. The van der Waals surface area contributed by atoms with Crippen LogP contribution in [0, 0.1) is 32.1 Å². The Labute approximate surface area is 367 Å². The highest BCUT2D eigenvalue weighted by molar-refractivity contribution is 7.89. The number of aliphatic hydroxyl groups is 1. The highest BCUT2D eigenvalue weighted by Gasteiger charge is 2.55. The number of ether oxygens (including phenoxy) is 2. The van der Waals surface area contributed by atoms with Gasteiger partial charge < -0.3 is 24.3 Å². The molecule has 63 heavy (non-hydrogen) atoms. The minimum absolute atomic E-state index is 0.140. The number of hydrogen-bond acceptors (Lipinski definition) is 15. The number of nitrogens with one attached hydrogen (secondary N) is 2. The first kappa shape index (κ1) is 47.8. The number of carbonyl (C=O) groups excluding carboxylic acids is 1. The number of aryl methyl sites for hydroxylation is 2. The zero-order chi connectivity index (χ0) is 46.0. The summed E-state index contributed by atoms with van der Waals surface area (Å²) in [5.41, 5.74) is 2.54. The van der Waals surface area contributed by atoms with Crippen molar-refractivity contribution in [3.63, 3.8) is 0 Å². The molecule has 1 aromatic carbocycles. The van der Waals surface area contributed by atoms with Crippen molar-refractivity contribution in [2.45, 2.75) is 116 Å². The van der Waals surface area contributed by atoms with Crippen LogP contribution in [0.4, 0.5) is 5.82 Å². The third-order valence-corrected chi connectivity index (χ3v) is 17.9. The van der Waals surface area contributed by atoms with Gasteiger partial charge in [-0.2, -0.15) is 0 Å². The summed E-state index contributed by atoms with van der Waals surface area (Å²) < 4.78 is 72.0. The molecular formula is C40H54N10O10PSSi+. The highest BCUT2D eigenvalue weighted by atomic mass is 32.2. The standard InChI is InChI=1S/C37H49N10O10PSSi.C3H4/c1-20-25(16-48)55-35(47-18-40-27-21(2)42-22(3)43-33(27)47)26(20)45-59(52,53)15-14-24-29(56-58(50)51)30(57-60(7,8)37(4,5)6)36(54-24)46-19-41-28-31(38-17-39-32(28)46)44-34(49)23-12-10-9-11-13-23;1-3-2/h9-13,17-20,24-26,29-30,35-36,45,48H,14-16H2,1-8H3,(H-,38,39,44,49,50,51);1H,2H3/p+1/t20?,24-,25-,26+,29?,30+,35-,36-;/m1./s1. The maximum absolute atomic E-state index is 14.1. The average molecular weight is 926 g/mol. The normalized spacial score (nSPS) is 24.3. The molecule has 6 heterocycles. The van der Waals surface area contributed by atoms with E-state index < -0.39 is 87.1 Å². The molecule has 2 saturated heterocycles. The molecule has 2 aliphatic heterocycles. The van der Waals surface area contributed by atoms with Crippen molar-refractivity contribution >= 4 is 60.6 Å². The van der Waals surface area contributed by atoms with Crippen molar-refractivity contribution < 1.29 is 46.2 Å². The Morgan fingerprint density at radius 2 is 1.62 bits per heavy atom. The summed E-state index contributed by atoms with van der Waals surface area (Å²) in [6.07, 6.45) is 2.62. The number of fused-ring (bicyclic) bond motifs is 2. The molecule has 23 heteroatoms. The van der Waals surface area contributed by atoms with Crippen LogP contribution >= 0.6 is 8.25 Å². The summed E-state index contributed by atoms with van der Waals surface area (Å²) in [6, 6.07) is 7.75. The Kier molecular flexibility index (Phi) is 14.6. The highest BCUT2D eigenvalue weighted by Crippen LogP contribution is 2.46. The maximum Gasteiger partial charge on any atom is 0.695 e. The van der Waals surface area contributed by atoms with Gasteiger partial charge in [0, 0.05) is 16.0 Å².